The van der Waals surface area contributed by atoms with E-state index in [4.69, 9.17) is 4.74 Å². The zero-order valence-electron chi connectivity index (χ0n) is 14.1. The van der Waals surface area contributed by atoms with Gasteiger partial charge in [-0.2, -0.15) is 0 Å². The SMILES string of the molecule is C=CCC1(c2ccccc2)CCN([C@@H](C)C(C)(C)C)C(=O)O1. The van der Waals surface area contributed by atoms with E-state index in [0.29, 0.717) is 13.0 Å². The molecule has 2 atom stereocenters. The molecule has 120 valence electrons. The van der Waals surface area contributed by atoms with Crippen LogP contribution in [-0.2, 0) is 10.3 Å². The summed E-state index contributed by atoms with van der Waals surface area (Å²) in [5.41, 5.74) is 0.504. The Morgan fingerprint density at radius 3 is 2.50 bits per heavy atom. The lowest BCUT2D eigenvalue weighted by atomic mass is 9.83. The predicted molar refractivity (Wildman–Crippen MR) is 89.7 cm³/mol. The standard InChI is InChI=1S/C19H27NO2/c1-6-12-19(16-10-8-7-9-11-16)13-14-20(17(21)22-19)15(2)18(3,4)5/h6-11,15H,1,12-14H2,2-5H3/t15-,19?/m0/s1. The first-order valence-electron chi connectivity index (χ1n) is 7.96. The molecule has 22 heavy (non-hydrogen) atoms. The normalized spacial score (nSPS) is 23.8. The van der Waals surface area contributed by atoms with Gasteiger partial charge in [0.2, 0.25) is 0 Å². The molecular formula is C19H27NO2. The molecule has 0 radical (unpaired) electrons. The van der Waals surface area contributed by atoms with Crippen LogP contribution < -0.4 is 0 Å². The Hall–Kier alpha value is -1.77. The van der Waals surface area contributed by atoms with Gasteiger partial charge in [0.1, 0.15) is 5.60 Å². The first kappa shape index (κ1) is 16.6. The zero-order valence-corrected chi connectivity index (χ0v) is 14.1. The molecule has 0 aliphatic carbocycles. The van der Waals surface area contributed by atoms with Gasteiger partial charge < -0.3 is 9.64 Å². The molecule has 0 N–H and O–H groups in total. The van der Waals surface area contributed by atoms with Gasteiger partial charge in [0, 0.05) is 25.4 Å². The number of cyclic esters (lactones) is 1. The molecule has 1 aromatic carbocycles. The largest absolute Gasteiger partial charge is 0.437 e. The Balaban J connectivity index is 2.25. The summed E-state index contributed by atoms with van der Waals surface area (Å²) in [7, 11) is 0. The fraction of sp³-hybridized carbons (Fsp3) is 0.526. The molecule has 1 fully saturated rings. The zero-order chi connectivity index (χ0) is 16.4. The highest BCUT2D eigenvalue weighted by molar-refractivity contribution is 5.70. The summed E-state index contributed by atoms with van der Waals surface area (Å²) in [5.74, 6) is 0. The third kappa shape index (κ3) is 3.18. The summed E-state index contributed by atoms with van der Waals surface area (Å²) >= 11 is 0. The van der Waals surface area contributed by atoms with Gasteiger partial charge >= 0.3 is 6.09 Å². The minimum Gasteiger partial charge on any atom is -0.437 e. The van der Waals surface area contributed by atoms with Crippen LogP contribution in [0.25, 0.3) is 0 Å². The van der Waals surface area contributed by atoms with E-state index < -0.39 is 5.60 Å². The summed E-state index contributed by atoms with van der Waals surface area (Å²) in [6.07, 6.45) is 3.04. The maximum absolute atomic E-state index is 12.6. The van der Waals surface area contributed by atoms with Crippen molar-refractivity contribution in [1.29, 1.82) is 0 Å². The van der Waals surface area contributed by atoms with E-state index in [9.17, 15) is 4.79 Å². The first-order valence-corrected chi connectivity index (χ1v) is 7.96. The Bertz CT molecular complexity index is 532. The van der Waals surface area contributed by atoms with Crippen LogP contribution in [0.15, 0.2) is 43.0 Å². The van der Waals surface area contributed by atoms with Crippen LogP contribution in [0.4, 0.5) is 4.79 Å². The third-order valence-corrected chi connectivity index (χ3v) is 4.77. The molecule has 1 heterocycles. The van der Waals surface area contributed by atoms with Crippen molar-refractivity contribution >= 4 is 6.09 Å². The van der Waals surface area contributed by atoms with Crippen molar-refractivity contribution in [1.82, 2.24) is 4.90 Å². The van der Waals surface area contributed by atoms with Crippen molar-refractivity contribution < 1.29 is 9.53 Å². The fourth-order valence-electron chi connectivity index (χ4n) is 2.93. The average Bonchev–Trinajstić information content (AvgIpc) is 2.47. The Morgan fingerprint density at radius 2 is 2.00 bits per heavy atom. The van der Waals surface area contributed by atoms with Crippen molar-refractivity contribution in [2.24, 2.45) is 5.41 Å². The van der Waals surface area contributed by atoms with Gasteiger partial charge in [0.25, 0.3) is 0 Å². The summed E-state index contributed by atoms with van der Waals surface area (Å²) in [6.45, 7) is 13.1. The van der Waals surface area contributed by atoms with Crippen LogP contribution in [0.1, 0.15) is 46.1 Å². The number of benzene rings is 1. The second kappa shape index (κ2) is 6.15. The number of nitrogens with zero attached hydrogens (tertiary/aromatic N) is 1. The van der Waals surface area contributed by atoms with Crippen LogP contribution in [0, 0.1) is 5.41 Å². The number of hydrogen-bond donors (Lipinski definition) is 0. The van der Waals surface area contributed by atoms with E-state index in [1.807, 2.05) is 41.3 Å². The number of carbonyl (C=O) groups excluding carboxylic acids is 1. The third-order valence-electron chi connectivity index (χ3n) is 4.77. The van der Waals surface area contributed by atoms with Gasteiger partial charge in [0.15, 0.2) is 0 Å². The molecule has 1 aliphatic rings. The molecule has 1 saturated heterocycles. The molecule has 0 spiro atoms. The molecule has 3 heteroatoms. The first-order chi connectivity index (χ1) is 10.3. The predicted octanol–water partition coefficient (Wildman–Crippen LogP) is 4.73. The molecule has 2 rings (SSSR count). The fourth-order valence-corrected chi connectivity index (χ4v) is 2.93. The molecular weight excluding hydrogens is 274 g/mol. The lowest BCUT2D eigenvalue weighted by Gasteiger charge is -2.46. The summed E-state index contributed by atoms with van der Waals surface area (Å²) in [4.78, 5) is 14.5. The number of hydrogen-bond acceptors (Lipinski definition) is 2. The van der Waals surface area contributed by atoms with Gasteiger partial charge in [-0.25, -0.2) is 4.79 Å². The van der Waals surface area contributed by atoms with Crippen LogP contribution in [-0.4, -0.2) is 23.6 Å². The minimum absolute atomic E-state index is 0.0319. The van der Waals surface area contributed by atoms with Gasteiger partial charge in [-0.1, -0.05) is 57.2 Å². The lowest BCUT2D eigenvalue weighted by Crippen LogP contribution is -2.54. The number of rotatable bonds is 4. The van der Waals surface area contributed by atoms with E-state index in [2.05, 4.69) is 34.3 Å². The highest BCUT2D eigenvalue weighted by atomic mass is 16.6. The molecule has 1 amide bonds. The molecule has 0 aromatic heterocycles. The number of amides is 1. The summed E-state index contributed by atoms with van der Waals surface area (Å²) in [6, 6.07) is 10.1. The Labute approximate surface area is 134 Å². The second-order valence-corrected chi connectivity index (χ2v) is 7.21. The van der Waals surface area contributed by atoms with Crippen molar-refractivity contribution in [2.75, 3.05) is 6.54 Å². The second-order valence-electron chi connectivity index (χ2n) is 7.21. The van der Waals surface area contributed by atoms with Gasteiger partial charge in [-0.05, 0) is 17.9 Å². The van der Waals surface area contributed by atoms with E-state index >= 15 is 0 Å². The summed E-state index contributed by atoms with van der Waals surface area (Å²) in [5, 5.41) is 0. The highest BCUT2D eigenvalue weighted by Crippen LogP contribution is 2.39. The molecule has 1 aromatic rings. The molecule has 0 bridgehead atoms. The van der Waals surface area contributed by atoms with Crippen molar-refractivity contribution in [3.63, 3.8) is 0 Å². The molecule has 1 unspecified atom stereocenters. The van der Waals surface area contributed by atoms with Crippen molar-refractivity contribution in [3.05, 3.63) is 48.6 Å². The number of carbonyl (C=O) groups is 1. The van der Waals surface area contributed by atoms with Gasteiger partial charge in [0.05, 0.1) is 0 Å². The van der Waals surface area contributed by atoms with E-state index in [0.717, 1.165) is 12.0 Å². The molecule has 0 saturated carbocycles. The van der Waals surface area contributed by atoms with Crippen molar-refractivity contribution in [2.45, 2.75) is 52.2 Å². The van der Waals surface area contributed by atoms with E-state index in [1.54, 1.807) is 0 Å². The molecule has 3 nitrogen and oxygen atoms in total. The quantitative estimate of drug-likeness (QED) is 0.752. The van der Waals surface area contributed by atoms with Gasteiger partial charge in [-0.15, -0.1) is 6.58 Å². The van der Waals surface area contributed by atoms with Crippen LogP contribution >= 0.6 is 0 Å². The van der Waals surface area contributed by atoms with E-state index in [-0.39, 0.29) is 17.6 Å². The van der Waals surface area contributed by atoms with Gasteiger partial charge in [-0.3, -0.25) is 0 Å². The smallest absolute Gasteiger partial charge is 0.410 e. The number of ether oxygens (including phenoxy) is 1. The Kier molecular flexibility index (Phi) is 4.64. The Morgan fingerprint density at radius 1 is 1.36 bits per heavy atom. The lowest BCUT2D eigenvalue weighted by molar-refractivity contribution is -0.0677. The monoisotopic (exact) mass is 301 g/mol. The highest BCUT2D eigenvalue weighted by Gasteiger charge is 2.44. The van der Waals surface area contributed by atoms with Crippen molar-refractivity contribution in [3.8, 4) is 0 Å². The van der Waals surface area contributed by atoms with E-state index in [1.165, 1.54) is 0 Å². The maximum atomic E-state index is 12.6. The average molecular weight is 301 g/mol. The minimum atomic E-state index is -0.575. The maximum Gasteiger partial charge on any atom is 0.410 e. The molecule has 1 aliphatic heterocycles. The van der Waals surface area contributed by atoms with Crippen LogP contribution in [0.2, 0.25) is 0 Å². The topological polar surface area (TPSA) is 29.5 Å². The van der Waals surface area contributed by atoms with Crippen LogP contribution in [0.3, 0.4) is 0 Å². The summed E-state index contributed by atoms with van der Waals surface area (Å²) < 4.78 is 5.95. The van der Waals surface area contributed by atoms with Crippen LogP contribution in [0.5, 0.6) is 0 Å².